The second-order valence-corrected chi connectivity index (χ2v) is 8.21. The Bertz CT molecular complexity index is 893. The third-order valence-corrected chi connectivity index (χ3v) is 6.56. The van der Waals surface area contributed by atoms with Crippen LogP contribution in [0.15, 0.2) is 36.4 Å². The Balaban J connectivity index is 1.35. The van der Waals surface area contributed by atoms with E-state index < -0.39 is 0 Å². The lowest BCUT2D eigenvalue weighted by Crippen LogP contribution is -2.33. The number of benzene rings is 2. The summed E-state index contributed by atoms with van der Waals surface area (Å²) in [5.74, 6) is 3.39. The van der Waals surface area contributed by atoms with Crippen LogP contribution in [0.2, 0.25) is 0 Å². The van der Waals surface area contributed by atoms with Crippen LogP contribution in [-0.4, -0.2) is 32.2 Å². The molecular weight excluding hydrogens is 356 g/mol. The minimum atomic E-state index is -0.389. The molecule has 0 amide bonds. The summed E-state index contributed by atoms with van der Waals surface area (Å²) in [7, 11) is 0. The minimum absolute atomic E-state index is 0.341. The Morgan fingerprint density at radius 1 is 0.607 bits per heavy atom. The van der Waals surface area contributed by atoms with Gasteiger partial charge in [-0.2, -0.15) is 0 Å². The molecular formula is C23H22O5. The summed E-state index contributed by atoms with van der Waals surface area (Å²) in [4.78, 5) is 13.8. The second kappa shape index (κ2) is 5.66. The molecule has 2 saturated carbocycles. The number of fused-ring (bicyclic) bond motifs is 2. The van der Waals surface area contributed by atoms with E-state index in [1.165, 1.54) is 0 Å². The molecule has 2 aromatic carbocycles. The van der Waals surface area contributed by atoms with E-state index in [0.717, 1.165) is 59.8 Å². The van der Waals surface area contributed by atoms with Crippen molar-refractivity contribution in [3.63, 3.8) is 0 Å². The van der Waals surface area contributed by atoms with Crippen molar-refractivity contribution in [2.24, 2.45) is 0 Å². The number of ether oxygens (including phenoxy) is 4. The van der Waals surface area contributed by atoms with Gasteiger partial charge in [0.1, 0.15) is 26.4 Å². The topological polar surface area (TPSA) is 54.0 Å². The van der Waals surface area contributed by atoms with Crippen molar-refractivity contribution in [2.75, 3.05) is 26.4 Å². The van der Waals surface area contributed by atoms with Gasteiger partial charge < -0.3 is 18.9 Å². The largest absolute Gasteiger partial charge is 0.486 e. The molecule has 5 nitrogen and oxygen atoms in total. The van der Waals surface area contributed by atoms with Crippen molar-refractivity contribution in [1.29, 1.82) is 0 Å². The maximum atomic E-state index is 13.8. The van der Waals surface area contributed by atoms with Gasteiger partial charge in [0, 0.05) is 0 Å². The average molecular weight is 378 g/mol. The maximum absolute atomic E-state index is 13.8. The van der Waals surface area contributed by atoms with Crippen LogP contribution in [-0.2, 0) is 15.6 Å². The standard InChI is InChI=1S/C23H22O5/c24-21(22(5-6-22)15-1-3-17-19(13-15)27-11-9-25-17)23(7-8-23)16-2-4-18-20(14-16)28-12-10-26-18/h1-4,13-14H,5-12H2. The van der Waals surface area contributed by atoms with Crippen LogP contribution in [0.5, 0.6) is 23.0 Å². The van der Waals surface area contributed by atoms with Crippen LogP contribution in [0.25, 0.3) is 0 Å². The second-order valence-electron chi connectivity index (χ2n) is 8.21. The zero-order valence-corrected chi connectivity index (χ0v) is 15.7. The van der Waals surface area contributed by atoms with E-state index in [4.69, 9.17) is 18.9 Å². The van der Waals surface area contributed by atoms with Gasteiger partial charge in [0.05, 0.1) is 10.8 Å². The average Bonchev–Trinajstić information content (AvgIpc) is 3.67. The van der Waals surface area contributed by atoms with Gasteiger partial charge in [-0.15, -0.1) is 0 Å². The molecule has 5 heteroatoms. The zero-order valence-electron chi connectivity index (χ0n) is 15.7. The molecule has 4 aliphatic rings. The molecule has 0 bridgehead atoms. The predicted octanol–water partition coefficient (Wildman–Crippen LogP) is 3.56. The van der Waals surface area contributed by atoms with Crippen molar-refractivity contribution in [2.45, 2.75) is 36.5 Å². The first-order chi connectivity index (χ1) is 13.7. The highest BCUT2D eigenvalue weighted by atomic mass is 16.6. The van der Waals surface area contributed by atoms with Crippen LogP contribution in [0.1, 0.15) is 36.8 Å². The van der Waals surface area contributed by atoms with E-state index in [2.05, 4.69) is 0 Å². The van der Waals surface area contributed by atoms with Crippen LogP contribution in [0.3, 0.4) is 0 Å². The summed E-state index contributed by atoms with van der Waals surface area (Å²) in [6.07, 6.45) is 3.60. The van der Waals surface area contributed by atoms with E-state index in [-0.39, 0.29) is 10.8 Å². The van der Waals surface area contributed by atoms with E-state index in [1.54, 1.807) is 0 Å². The van der Waals surface area contributed by atoms with E-state index in [1.807, 2.05) is 36.4 Å². The number of hydrogen-bond donors (Lipinski definition) is 0. The van der Waals surface area contributed by atoms with E-state index in [0.29, 0.717) is 32.2 Å². The van der Waals surface area contributed by atoms with Crippen LogP contribution < -0.4 is 18.9 Å². The smallest absolute Gasteiger partial charge is 0.161 e. The summed E-state index contributed by atoms with van der Waals surface area (Å²) in [5.41, 5.74) is 1.34. The van der Waals surface area contributed by atoms with Gasteiger partial charge >= 0.3 is 0 Å². The third kappa shape index (κ3) is 2.28. The number of ketones is 1. The summed E-state index contributed by atoms with van der Waals surface area (Å²) >= 11 is 0. The van der Waals surface area contributed by atoms with Crippen molar-refractivity contribution in [1.82, 2.24) is 0 Å². The monoisotopic (exact) mass is 378 g/mol. The third-order valence-electron chi connectivity index (χ3n) is 6.56. The molecule has 28 heavy (non-hydrogen) atoms. The van der Waals surface area contributed by atoms with Gasteiger partial charge in [0.2, 0.25) is 0 Å². The molecule has 2 heterocycles. The number of Topliss-reactive ketones (excluding diaryl/α,β-unsaturated/α-hetero) is 1. The van der Waals surface area contributed by atoms with E-state index >= 15 is 0 Å². The molecule has 0 spiro atoms. The predicted molar refractivity (Wildman–Crippen MR) is 102 cm³/mol. The molecule has 2 aliphatic carbocycles. The van der Waals surface area contributed by atoms with Gasteiger partial charge in [-0.25, -0.2) is 0 Å². The highest BCUT2D eigenvalue weighted by Gasteiger charge is 2.63. The lowest BCUT2D eigenvalue weighted by Gasteiger charge is -2.26. The molecule has 2 aromatic rings. The van der Waals surface area contributed by atoms with Crippen LogP contribution in [0, 0.1) is 0 Å². The van der Waals surface area contributed by atoms with Gasteiger partial charge in [0.15, 0.2) is 28.8 Å². The van der Waals surface area contributed by atoms with Crippen molar-refractivity contribution < 1.29 is 23.7 Å². The quantitative estimate of drug-likeness (QED) is 0.814. The molecule has 0 unspecified atom stereocenters. The van der Waals surface area contributed by atoms with Crippen molar-refractivity contribution >= 4 is 5.78 Å². The summed E-state index contributed by atoms with van der Waals surface area (Å²) < 4.78 is 22.8. The minimum Gasteiger partial charge on any atom is -0.486 e. The Morgan fingerprint density at radius 2 is 1.00 bits per heavy atom. The number of carbonyl (C=O) groups excluding carboxylic acids is 1. The number of hydrogen-bond acceptors (Lipinski definition) is 5. The lowest BCUT2D eigenvalue weighted by atomic mass is 9.78. The molecule has 0 aromatic heterocycles. The highest BCUT2D eigenvalue weighted by molar-refractivity contribution is 6.03. The van der Waals surface area contributed by atoms with Crippen molar-refractivity contribution in [3.05, 3.63) is 47.5 Å². The summed E-state index contributed by atoms with van der Waals surface area (Å²) in [6.45, 7) is 2.25. The Kier molecular flexibility index (Phi) is 3.29. The van der Waals surface area contributed by atoms with Gasteiger partial charge in [-0.3, -0.25) is 4.79 Å². The van der Waals surface area contributed by atoms with Gasteiger partial charge in [-0.1, -0.05) is 12.1 Å². The van der Waals surface area contributed by atoms with E-state index in [9.17, 15) is 4.79 Å². The first kappa shape index (κ1) is 16.3. The molecule has 2 aliphatic heterocycles. The summed E-state index contributed by atoms with van der Waals surface area (Å²) in [5, 5.41) is 0. The fourth-order valence-corrected chi connectivity index (χ4v) is 4.68. The fraction of sp³-hybridized carbons (Fsp3) is 0.435. The molecule has 0 saturated heterocycles. The van der Waals surface area contributed by atoms with Crippen LogP contribution in [0.4, 0.5) is 0 Å². The normalized spacial score (nSPS) is 22.3. The molecule has 6 rings (SSSR count). The maximum Gasteiger partial charge on any atom is 0.161 e. The lowest BCUT2D eigenvalue weighted by molar-refractivity contribution is -0.124. The number of carbonyl (C=O) groups is 1. The SMILES string of the molecule is O=C(C1(c2ccc3c(c2)OCCO3)CC1)C1(c2ccc3c(c2)OCCO3)CC1. The zero-order chi connectivity index (χ0) is 18.8. The van der Waals surface area contributed by atoms with Gasteiger partial charge in [-0.05, 0) is 61.1 Å². The van der Waals surface area contributed by atoms with Crippen molar-refractivity contribution in [3.8, 4) is 23.0 Å². The molecule has 0 atom stereocenters. The Labute approximate surface area is 163 Å². The Morgan fingerprint density at radius 3 is 1.39 bits per heavy atom. The first-order valence-corrected chi connectivity index (χ1v) is 10.1. The number of rotatable bonds is 4. The fourth-order valence-electron chi connectivity index (χ4n) is 4.68. The molecule has 2 fully saturated rings. The van der Waals surface area contributed by atoms with Crippen LogP contribution >= 0.6 is 0 Å². The molecule has 0 radical (unpaired) electrons. The first-order valence-electron chi connectivity index (χ1n) is 10.1. The summed E-state index contributed by atoms with van der Waals surface area (Å²) in [6, 6.07) is 12.0. The molecule has 144 valence electrons. The Hall–Kier alpha value is -2.69. The molecule has 0 N–H and O–H groups in total. The van der Waals surface area contributed by atoms with Gasteiger partial charge in [0.25, 0.3) is 0 Å². The highest BCUT2D eigenvalue weighted by Crippen LogP contribution is 2.61.